The zero-order valence-corrected chi connectivity index (χ0v) is 28.6. The Morgan fingerprint density at radius 3 is 2.38 bits per heavy atom. The number of piperazine rings is 1. The van der Waals surface area contributed by atoms with Gasteiger partial charge in [0.25, 0.3) is 5.91 Å². The molecule has 1 N–H and O–H groups in total. The van der Waals surface area contributed by atoms with Crippen molar-refractivity contribution >= 4 is 32.9 Å². The Labute approximate surface area is 277 Å². The van der Waals surface area contributed by atoms with E-state index in [2.05, 4.69) is 38.3 Å². The Kier molecular flexibility index (Phi) is 7.27. The van der Waals surface area contributed by atoms with Gasteiger partial charge >= 0.3 is 10.2 Å². The summed E-state index contributed by atoms with van der Waals surface area (Å²) in [5.74, 6) is 0.822. The number of carbonyl (C=O) groups is 2. The summed E-state index contributed by atoms with van der Waals surface area (Å²) in [5.41, 5.74) is 5.33. The number of methoxy groups -OCH3 is 1. The summed E-state index contributed by atoms with van der Waals surface area (Å²) < 4.78 is 36.4. The van der Waals surface area contributed by atoms with Crippen LogP contribution in [0, 0.1) is 5.41 Å². The third-order valence-electron chi connectivity index (χ3n) is 11.8. The third kappa shape index (κ3) is 4.83. The van der Waals surface area contributed by atoms with Crippen LogP contribution in [0.25, 0.3) is 22.2 Å². The Morgan fingerprint density at radius 1 is 0.979 bits per heavy atom. The van der Waals surface area contributed by atoms with E-state index in [1.165, 1.54) is 44.5 Å². The van der Waals surface area contributed by atoms with Crippen molar-refractivity contribution in [2.75, 3.05) is 41.3 Å². The van der Waals surface area contributed by atoms with Gasteiger partial charge in [-0.1, -0.05) is 25.3 Å². The molecule has 0 radical (unpaired) electrons. The van der Waals surface area contributed by atoms with Crippen molar-refractivity contribution in [3.8, 4) is 17.0 Å². The Morgan fingerprint density at radius 2 is 1.70 bits per heavy atom. The number of aromatic nitrogens is 1. The minimum Gasteiger partial charge on any atom is -0.497 e. The molecule has 3 aliphatic heterocycles. The lowest BCUT2D eigenvalue weighted by Gasteiger charge is -2.41. The lowest BCUT2D eigenvalue weighted by Crippen LogP contribution is -2.57. The molecule has 2 amide bonds. The van der Waals surface area contributed by atoms with Gasteiger partial charge in [0.15, 0.2) is 0 Å². The average molecular weight is 660 g/mol. The topological polar surface area (TPSA) is 104 Å². The summed E-state index contributed by atoms with van der Waals surface area (Å²) in [5, 5.41) is 1.09. The van der Waals surface area contributed by atoms with E-state index in [4.69, 9.17) is 4.74 Å². The van der Waals surface area contributed by atoms with Gasteiger partial charge in [-0.05, 0) is 86.5 Å². The van der Waals surface area contributed by atoms with E-state index in [0.717, 1.165) is 77.4 Å². The SMILES string of the molecule is COc1ccc2c(c1)C1C[C@]1(C(=O)N1C3CCC1CN(C)C3)Cn1c-2c(C2CCCCC2)c2ccc(C(=O)NS(=O)(=O)N(C)C)cc21. The summed E-state index contributed by atoms with van der Waals surface area (Å²) in [6.45, 7) is 2.34. The number of likely N-dealkylation sites (N-methyl/N-ethyl adjacent to an activating group) is 1. The van der Waals surface area contributed by atoms with Crippen LogP contribution in [0.3, 0.4) is 0 Å². The van der Waals surface area contributed by atoms with E-state index in [9.17, 15) is 18.0 Å². The number of nitrogens with zero attached hydrogens (tertiary/aromatic N) is 4. The molecule has 10 nitrogen and oxygen atoms in total. The molecule has 2 saturated heterocycles. The van der Waals surface area contributed by atoms with Crippen molar-refractivity contribution in [3.05, 3.63) is 53.1 Å². The van der Waals surface area contributed by atoms with E-state index in [-0.39, 0.29) is 29.5 Å². The monoisotopic (exact) mass is 659 g/mol. The van der Waals surface area contributed by atoms with E-state index in [1.807, 2.05) is 18.2 Å². The number of ether oxygens (including phenoxy) is 1. The van der Waals surface area contributed by atoms with Crippen molar-refractivity contribution in [2.24, 2.45) is 5.41 Å². The van der Waals surface area contributed by atoms with Crippen LogP contribution in [0.1, 0.15) is 84.7 Å². The van der Waals surface area contributed by atoms with Crippen LogP contribution in [0.5, 0.6) is 5.75 Å². The van der Waals surface area contributed by atoms with E-state index >= 15 is 0 Å². The first kappa shape index (κ1) is 30.9. The van der Waals surface area contributed by atoms with Gasteiger partial charge in [0.1, 0.15) is 5.75 Å². The molecule has 11 heteroatoms. The van der Waals surface area contributed by atoms with Gasteiger partial charge in [-0.15, -0.1) is 0 Å². The molecule has 2 aromatic carbocycles. The summed E-state index contributed by atoms with van der Waals surface area (Å²) >= 11 is 0. The van der Waals surface area contributed by atoms with Crippen molar-refractivity contribution in [2.45, 2.75) is 81.8 Å². The molecule has 250 valence electrons. The van der Waals surface area contributed by atoms with Crippen LogP contribution in [0.15, 0.2) is 36.4 Å². The van der Waals surface area contributed by atoms with Crippen molar-refractivity contribution in [1.82, 2.24) is 23.4 Å². The summed E-state index contributed by atoms with van der Waals surface area (Å²) in [6.07, 6.45) is 8.64. The summed E-state index contributed by atoms with van der Waals surface area (Å²) in [7, 11) is 2.67. The lowest BCUT2D eigenvalue weighted by atomic mass is 9.81. The molecule has 8 rings (SSSR count). The summed E-state index contributed by atoms with van der Waals surface area (Å²) in [6, 6.07) is 12.4. The Balaban J connectivity index is 1.32. The standard InChI is InChI=1S/C36H45N5O5S/c1-38(2)47(44,45)37-34(42)23-10-14-28-31(16-23)40-21-36(35(43)41-24-11-12-25(41)20-39(3)19-24)18-30(36)29-17-26(46-4)13-15-27(29)33(40)32(28)22-8-6-5-7-9-22/h10,13-17,22,24-25,30H,5-9,11-12,18-21H2,1-4H3,(H,37,42)/t24?,25?,30?,36-/m0/s1. The molecule has 3 unspecified atom stereocenters. The molecule has 1 aromatic heterocycles. The lowest BCUT2D eigenvalue weighted by molar-refractivity contribution is -0.143. The molecule has 5 aliphatic rings. The average Bonchev–Trinajstić information content (AvgIpc) is 3.64. The second-order valence-corrected chi connectivity index (χ2v) is 16.7. The van der Waals surface area contributed by atoms with Crippen LogP contribution >= 0.6 is 0 Å². The molecule has 2 saturated carbocycles. The second kappa shape index (κ2) is 11.1. The number of amides is 2. The normalized spacial score (nSPS) is 27.3. The molecule has 2 aliphatic carbocycles. The highest BCUT2D eigenvalue weighted by molar-refractivity contribution is 7.87. The first-order valence-corrected chi connectivity index (χ1v) is 18.6. The molecule has 2 bridgehead atoms. The smallest absolute Gasteiger partial charge is 0.303 e. The van der Waals surface area contributed by atoms with Crippen molar-refractivity contribution < 1.29 is 22.7 Å². The molecule has 4 heterocycles. The Hall–Kier alpha value is -3.41. The van der Waals surface area contributed by atoms with Gasteiger partial charge in [0, 0.05) is 73.8 Å². The quantitative estimate of drug-likeness (QED) is 0.412. The number of rotatable bonds is 6. The first-order chi connectivity index (χ1) is 22.5. The zero-order valence-electron chi connectivity index (χ0n) is 27.8. The fourth-order valence-corrected chi connectivity index (χ4v) is 9.93. The largest absolute Gasteiger partial charge is 0.497 e. The van der Waals surface area contributed by atoms with E-state index in [0.29, 0.717) is 12.5 Å². The summed E-state index contributed by atoms with van der Waals surface area (Å²) in [4.78, 5) is 33.0. The minimum absolute atomic E-state index is 0.0741. The van der Waals surface area contributed by atoms with Crippen LogP contribution in [0.2, 0.25) is 0 Å². The van der Waals surface area contributed by atoms with Gasteiger partial charge in [0.05, 0.1) is 18.2 Å². The number of nitrogens with one attached hydrogen (secondary N) is 1. The van der Waals surface area contributed by atoms with E-state index in [1.54, 1.807) is 13.2 Å². The number of fused-ring (bicyclic) bond motifs is 9. The third-order valence-corrected chi connectivity index (χ3v) is 13.2. The molecule has 4 atom stereocenters. The molecular weight excluding hydrogens is 614 g/mol. The van der Waals surface area contributed by atoms with Gasteiger partial charge in [-0.25, -0.2) is 4.72 Å². The number of hydrogen-bond donors (Lipinski definition) is 1. The van der Waals surface area contributed by atoms with Gasteiger partial charge < -0.3 is 19.1 Å². The van der Waals surface area contributed by atoms with Gasteiger partial charge in [0.2, 0.25) is 5.91 Å². The van der Waals surface area contributed by atoms with Gasteiger partial charge in [-0.3, -0.25) is 9.59 Å². The molecule has 0 spiro atoms. The van der Waals surface area contributed by atoms with E-state index < -0.39 is 21.5 Å². The highest BCUT2D eigenvalue weighted by Gasteiger charge is 2.65. The van der Waals surface area contributed by atoms with Crippen molar-refractivity contribution in [3.63, 3.8) is 0 Å². The number of hydrogen-bond acceptors (Lipinski definition) is 6. The highest BCUT2D eigenvalue weighted by atomic mass is 32.2. The number of benzene rings is 2. The van der Waals surface area contributed by atoms with Crippen LogP contribution < -0.4 is 9.46 Å². The molecular formula is C36H45N5O5S. The predicted molar refractivity (Wildman–Crippen MR) is 181 cm³/mol. The second-order valence-electron chi connectivity index (χ2n) is 14.8. The minimum atomic E-state index is -3.96. The number of carbonyl (C=O) groups excluding carboxylic acids is 2. The molecule has 47 heavy (non-hydrogen) atoms. The zero-order chi connectivity index (χ0) is 32.8. The fourth-order valence-electron chi connectivity index (χ4n) is 9.39. The van der Waals surface area contributed by atoms with Crippen molar-refractivity contribution in [1.29, 1.82) is 0 Å². The maximum absolute atomic E-state index is 15.0. The van der Waals surface area contributed by atoms with Gasteiger partial charge in [-0.2, -0.15) is 12.7 Å². The maximum Gasteiger partial charge on any atom is 0.303 e. The first-order valence-electron chi connectivity index (χ1n) is 17.1. The number of likely N-dealkylation sites (tertiary alicyclic amines) is 1. The Bertz CT molecular complexity index is 1880. The molecule has 3 aromatic rings. The molecule has 4 fully saturated rings. The highest BCUT2D eigenvalue weighted by Crippen LogP contribution is 2.66. The van der Waals surface area contributed by atoms with Crippen LogP contribution in [0.4, 0.5) is 0 Å². The van der Waals surface area contributed by atoms with Crippen LogP contribution in [-0.2, 0) is 21.5 Å². The maximum atomic E-state index is 15.0. The predicted octanol–water partition coefficient (Wildman–Crippen LogP) is 4.69. The fraction of sp³-hybridized carbons (Fsp3) is 0.556. The van der Waals surface area contributed by atoms with Crippen LogP contribution in [-0.4, -0.2) is 92.3 Å².